The Labute approximate surface area is 111 Å². The molecular weight excluding hydrogens is 248 g/mol. The molecule has 1 saturated heterocycles. The first-order chi connectivity index (χ1) is 8.65. The lowest BCUT2D eigenvalue weighted by Gasteiger charge is -2.37. The van der Waals surface area contributed by atoms with Gasteiger partial charge in [-0.2, -0.15) is 0 Å². The Balaban J connectivity index is 2.27. The molecular formula is C13H18N2O2S. The fourth-order valence-corrected chi connectivity index (χ4v) is 3.40. The van der Waals surface area contributed by atoms with Gasteiger partial charge in [0.05, 0.1) is 12.0 Å². The zero-order chi connectivity index (χ0) is 13.1. The molecule has 1 N–H and O–H groups in total. The lowest BCUT2D eigenvalue weighted by molar-refractivity contribution is -0.141. The zero-order valence-corrected chi connectivity index (χ0v) is 11.5. The van der Waals surface area contributed by atoms with Gasteiger partial charge >= 0.3 is 0 Å². The Morgan fingerprint density at radius 2 is 2.39 bits per heavy atom. The molecule has 0 radical (unpaired) electrons. The van der Waals surface area contributed by atoms with Crippen LogP contribution in [0.4, 0.5) is 0 Å². The molecule has 98 valence electrons. The maximum atomic E-state index is 12.1. The van der Waals surface area contributed by atoms with E-state index in [0.29, 0.717) is 19.4 Å². The summed E-state index contributed by atoms with van der Waals surface area (Å²) in [7, 11) is 1.79. The third-order valence-electron chi connectivity index (χ3n) is 3.38. The highest BCUT2D eigenvalue weighted by Crippen LogP contribution is 2.37. The zero-order valence-electron chi connectivity index (χ0n) is 10.7. The van der Waals surface area contributed by atoms with Crippen LogP contribution in [0, 0.1) is 5.92 Å². The number of carbonyl (C=O) groups excluding carboxylic acids is 2. The predicted octanol–water partition coefficient (Wildman–Crippen LogP) is 1.79. The summed E-state index contributed by atoms with van der Waals surface area (Å²) in [5.74, 6) is 0.0375. The van der Waals surface area contributed by atoms with E-state index in [4.69, 9.17) is 0 Å². The maximum Gasteiger partial charge on any atom is 0.225 e. The molecule has 0 unspecified atom stereocenters. The number of carbonyl (C=O) groups is 2. The van der Waals surface area contributed by atoms with Gasteiger partial charge in [-0.25, -0.2) is 0 Å². The summed E-state index contributed by atoms with van der Waals surface area (Å²) in [6, 6.07) is 3.84. The van der Waals surface area contributed by atoms with Gasteiger partial charge in [0.25, 0.3) is 0 Å². The molecule has 1 aromatic rings. The number of thiophene rings is 1. The fourth-order valence-electron chi connectivity index (χ4n) is 2.47. The molecule has 2 rings (SSSR count). The molecule has 2 heterocycles. The van der Waals surface area contributed by atoms with Crippen LogP contribution in [0.5, 0.6) is 0 Å². The molecule has 18 heavy (non-hydrogen) atoms. The minimum absolute atomic E-state index is 0.0512. The standard InChI is InChI=1S/C13H18N2O2S/c1-3-14-13(17)9-6-7-11(16)15(2)12(9)10-5-4-8-18-10/h4-5,8-9,12H,3,6-7H2,1-2H3,(H,14,17)/t9-,12+/m0/s1. The first-order valence-corrected chi connectivity index (χ1v) is 7.10. The summed E-state index contributed by atoms with van der Waals surface area (Å²) in [4.78, 5) is 26.7. The van der Waals surface area contributed by atoms with Crippen molar-refractivity contribution in [3.05, 3.63) is 22.4 Å². The van der Waals surface area contributed by atoms with Crippen molar-refractivity contribution in [1.82, 2.24) is 10.2 Å². The van der Waals surface area contributed by atoms with Crippen molar-refractivity contribution in [2.24, 2.45) is 5.92 Å². The van der Waals surface area contributed by atoms with Crippen LogP contribution in [0.25, 0.3) is 0 Å². The molecule has 1 aliphatic heterocycles. The van der Waals surface area contributed by atoms with E-state index in [0.717, 1.165) is 4.88 Å². The summed E-state index contributed by atoms with van der Waals surface area (Å²) in [5.41, 5.74) is 0. The summed E-state index contributed by atoms with van der Waals surface area (Å²) in [6.45, 7) is 2.54. The second-order valence-corrected chi connectivity index (χ2v) is 5.48. The molecule has 0 aliphatic carbocycles. The van der Waals surface area contributed by atoms with Crippen LogP contribution in [0.3, 0.4) is 0 Å². The van der Waals surface area contributed by atoms with Crippen molar-refractivity contribution in [2.45, 2.75) is 25.8 Å². The van der Waals surface area contributed by atoms with Crippen LogP contribution in [-0.4, -0.2) is 30.3 Å². The van der Waals surface area contributed by atoms with E-state index in [1.807, 2.05) is 24.4 Å². The number of piperidine rings is 1. The minimum Gasteiger partial charge on any atom is -0.356 e. The van der Waals surface area contributed by atoms with Gasteiger partial charge in [0.1, 0.15) is 0 Å². The Morgan fingerprint density at radius 3 is 3.00 bits per heavy atom. The number of nitrogens with zero attached hydrogens (tertiary/aromatic N) is 1. The largest absolute Gasteiger partial charge is 0.356 e. The molecule has 4 nitrogen and oxygen atoms in total. The molecule has 2 atom stereocenters. The third kappa shape index (κ3) is 2.41. The van der Waals surface area contributed by atoms with Crippen LogP contribution in [0.15, 0.2) is 17.5 Å². The smallest absolute Gasteiger partial charge is 0.225 e. The van der Waals surface area contributed by atoms with E-state index in [9.17, 15) is 9.59 Å². The van der Waals surface area contributed by atoms with Crippen LogP contribution in [0.1, 0.15) is 30.7 Å². The second kappa shape index (κ2) is 5.52. The van der Waals surface area contributed by atoms with Crippen molar-refractivity contribution in [1.29, 1.82) is 0 Å². The van der Waals surface area contributed by atoms with Gasteiger partial charge in [0, 0.05) is 24.9 Å². The Kier molecular flexibility index (Phi) is 4.01. The van der Waals surface area contributed by atoms with Gasteiger partial charge < -0.3 is 10.2 Å². The molecule has 5 heteroatoms. The molecule has 0 bridgehead atoms. The van der Waals surface area contributed by atoms with Crippen molar-refractivity contribution in [3.63, 3.8) is 0 Å². The van der Waals surface area contributed by atoms with E-state index in [1.54, 1.807) is 23.3 Å². The lowest BCUT2D eigenvalue weighted by Crippen LogP contribution is -2.46. The number of nitrogens with one attached hydrogen (secondary N) is 1. The number of hydrogen-bond acceptors (Lipinski definition) is 3. The monoisotopic (exact) mass is 266 g/mol. The molecule has 0 aromatic carbocycles. The van der Waals surface area contributed by atoms with Crippen LogP contribution < -0.4 is 5.32 Å². The van der Waals surface area contributed by atoms with E-state index in [-0.39, 0.29) is 23.8 Å². The molecule has 0 spiro atoms. The molecule has 1 aliphatic rings. The van der Waals surface area contributed by atoms with E-state index in [1.165, 1.54) is 0 Å². The van der Waals surface area contributed by atoms with Gasteiger partial charge in [-0.1, -0.05) is 6.07 Å². The van der Waals surface area contributed by atoms with Crippen LogP contribution in [-0.2, 0) is 9.59 Å². The second-order valence-electron chi connectivity index (χ2n) is 4.50. The molecule has 1 fully saturated rings. The third-order valence-corrected chi connectivity index (χ3v) is 4.33. The SMILES string of the molecule is CCNC(=O)[C@H]1CCC(=O)N(C)[C@H]1c1cccs1. The van der Waals surface area contributed by atoms with E-state index in [2.05, 4.69) is 5.32 Å². The number of amides is 2. The average Bonchev–Trinajstić information content (AvgIpc) is 2.86. The minimum atomic E-state index is -0.133. The maximum absolute atomic E-state index is 12.1. The summed E-state index contributed by atoms with van der Waals surface area (Å²) in [5, 5.41) is 4.85. The van der Waals surface area contributed by atoms with E-state index < -0.39 is 0 Å². The first-order valence-electron chi connectivity index (χ1n) is 6.22. The molecule has 2 amide bonds. The number of rotatable bonds is 3. The van der Waals surface area contributed by atoms with Gasteiger partial charge in [0.15, 0.2) is 0 Å². The Hall–Kier alpha value is -1.36. The predicted molar refractivity (Wildman–Crippen MR) is 71.2 cm³/mol. The highest BCUT2D eigenvalue weighted by Gasteiger charge is 2.39. The highest BCUT2D eigenvalue weighted by atomic mass is 32.1. The van der Waals surface area contributed by atoms with Crippen molar-refractivity contribution >= 4 is 23.2 Å². The first kappa shape index (κ1) is 13.1. The Morgan fingerprint density at radius 1 is 1.61 bits per heavy atom. The lowest BCUT2D eigenvalue weighted by atomic mass is 9.87. The Bertz CT molecular complexity index is 430. The normalized spacial score (nSPS) is 24.1. The van der Waals surface area contributed by atoms with Crippen molar-refractivity contribution < 1.29 is 9.59 Å². The summed E-state index contributed by atoms with van der Waals surface area (Å²) in [6.07, 6.45) is 1.09. The average molecular weight is 266 g/mol. The van der Waals surface area contributed by atoms with Crippen LogP contribution >= 0.6 is 11.3 Å². The topological polar surface area (TPSA) is 49.4 Å². The quantitative estimate of drug-likeness (QED) is 0.907. The summed E-state index contributed by atoms with van der Waals surface area (Å²) >= 11 is 1.60. The fraction of sp³-hybridized carbons (Fsp3) is 0.538. The number of likely N-dealkylation sites (tertiary alicyclic amines) is 1. The van der Waals surface area contributed by atoms with Gasteiger partial charge in [-0.05, 0) is 24.8 Å². The molecule has 1 aromatic heterocycles. The van der Waals surface area contributed by atoms with Gasteiger partial charge in [0.2, 0.25) is 11.8 Å². The number of hydrogen-bond donors (Lipinski definition) is 1. The van der Waals surface area contributed by atoms with Gasteiger partial charge in [-0.3, -0.25) is 9.59 Å². The molecule has 0 saturated carbocycles. The highest BCUT2D eigenvalue weighted by molar-refractivity contribution is 7.10. The van der Waals surface area contributed by atoms with Crippen LogP contribution in [0.2, 0.25) is 0 Å². The van der Waals surface area contributed by atoms with Crippen molar-refractivity contribution in [2.75, 3.05) is 13.6 Å². The summed E-state index contributed by atoms with van der Waals surface area (Å²) < 4.78 is 0. The van der Waals surface area contributed by atoms with Gasteiger partial charge in [-0.15, -0.1) is 11.3 Å². The van der Waals surface area contributed by atoms with E-state index >= 15 is 0 Å². The van der Waals surface area contributed by atoms with Crippen molar-refractivity contribution in [3.8, 4) is 0 Å².